The van der Waals surface area contributed by atoms with Gasteiger partial charge in [-0.25, -0.2) is 4.79 Å². The number of benzene rings is 1. The summed E-state index contributed by atoms with van der Waals surface area (Å²) in [6.45, 7) is 0.406. The molecule has 1 aromatic heterocycles. The Morgan fingerprint density at radius 3 is 2.89 bits per heavy atom. The third kappa shape index (κ3) is 1.84. The molecule has 0 spiro atoms. The van der Waals surface area contributed by atoms with Crippen LogP contribution in [-0.4, -0.2) is 34.4 Å². The SMILES string of the molecule is COC(=O)C12C=C3CC(C4CC4)=C3C(=O)N1Cc1[nH]c3ccccc3c1C2. The number of para-hydroxylation sites is 1. The summed E-state index contributed by atoms with van der Waals surface area (Å²) < 4.78 is 5.19. The summed E-state index contributed by atoms with van der Waals surface area (Å²) in [7, 11) is 1.41. The van der Waals surface area contributed by atoms with Crippen molar-refractivity contribution in [2.24, 2.45) is 5.92 Å². The molecule has 1 unspecified atom stereocenters. The van der Waals surface area contributed by atoms with E-state index in [-0.39, 0.29) is 11.9 Å². The average molecular weight is 360 g/mol. The highest BCUT2D eigenvalue weighted by Gasteiger charge is 2.56. The lowest BCUT2D eigenvalue weighted by Gasteiger charge is -2.49. The van der Waals surface area contributed by atoms with E-state index in [0.29, 0.717) is 18.9 Å². The number of allylic oxidation sites excluding steroid dienone is 1. The molecule has 1 atom stereocenters. The van der Waals surface area contributed by atoms with E-state index in [1.165, 1.54) is 25.5 Å². The number of hydrogen-bond donors (Lipinski definition) is 1. The van der Waals surface area contributed by atoms with E-state index in [4.69, 9.17) is 4.74 Å². The highest BCUT2D eigenvalue weighted by atomic mass is 16.5. The Hall–Kier alpha value is -2.82. The van der Waals surface area contributed by atoms with Crippen LogP contribution in [0.2, 0.25) is 0 Å². The number of nitrogens with one attached hydrogen (secondary N) is 1. The number of carbonyl (C=O) groups is 2. The lowest BCUT2D eigenvalue weighted by atomic mass is 9.70. The van der Waals surface area contributed by atoms with E-state index in [1.807, 2.05) is 24.3 Å². The van der Waals surface area contributed by atoms with Gasteiger partial charge in [-0.15, -0.1) is 0 Å². The van der Waals surface area contributed by atoms with Crippen LogP contribution in [0.4, 0.5) is 0 Å². The van der Waals surface area contributed by atoms with Gasteiger partial charge in [-0.1, -0.05) is 18.2 Å². The van der Waals surface area contributed by atoms with Gasteiger partial charge in [0.1, 0.15) is 0 Å². The van der Waals surface area contributed by atoms with Crippen LogP contribution in [0, 0.1) is 5.92 Å². The second-order valence-corrected chi connectivity index (χ2v) is 8.13. The topological polar surface area (TPSA) is 62.4 Å². The summed E-state index contributed by atoms with van der Waals surface area (Å²) in [5, 5.41) is 1.12. The molecule has 4 aliphatic rings. The van der Waals surface area contributed by atoms with Gasteiger partial charge in [-0.05, 0) is 54.0 Å². The number of nitrogens with zero attached hydrogens (tertiary/aromatic N) is 1. The smallest absolute Gasteiger partial charge is 0.336 e. The van der Waals surface area contributed by atoms with Crippen LogP contribution in [0.25, 0.3) is 10.9 Å². The van der Waals surface area contributed by atoms with Crippen LogP contribution in [0.1, 0.15) is 30.5 Å². The molecule has 136 valence electrons. The summed E-state index contributed by atoms with van der Waals surface area (Å²) in [5.41, 5.74) is 5.36. The first-order chi connectivity index (χ1) is 13.1. The summed E-state index contributed by atoms with van der Waals surface area (Å²) >= 11 is 0. The molecule has 2 aliphatic heterocycles. The third-order valence-corrected chi connectivity index (χ3v) is 6.65. The summed E-state index contributed by atoms with van der Waals surface area (Å²) in [5.74, 6) is 0.230. The van der Waals surface area contributed by atoms with Gasteiger partial charge in [-0.2, -0.15) is 0 Å². The number of aromatic amines is 1. The largest absolute Gasteiger partial charge is 0.467 e. The molecule has 5 nitrogen and oxygen atoms in total. The molecular weight excluding hydrogens is 340 g/mol. The zero-order valence-corrected chi connectivity index (χ0v) is 15.2. The molecule has 0 saturated heterocycles. The lowest BCUT2D eigenvalue weighted by molar-refractivity contribution is -0.159. The van der Waals surface area contributed by atoms with Crippen LogP contribution in [-0.2, 0) is 27.3 Å². The Morgan fingerprint density at radius 1 is 1.30 bits per heavy atom. The molecule has 1 aromatic carbocycles. The molecular formula is C22H20N2O3. The lowest BCUT2D eigenvalue weighted by Crippen LogP contribution is -2.62. The van der Waals surface area contributed by atoms with Crippen molar-refractivity contribution in [1.82, 2.24) is 9.88 Å². The highest BCUT2D eigenvalue weighted by molar-refractivity contribution is 6.08. The Kier molecular flexibility index (Phi) is 2.78. The van der Waals surface area contributed by atoms with E-state index in [1.54, 1.807) is 4.90 Å². The molecule has 1 amide bonds. The van der Waals surface area contributed by atoms with Crippen molar-refractivity contribution in [2.75, 3.05) is 7.11 Å². The maximum Gasteiger partial charge on any atom is 0.336 e. The van der Waals surface area contributed by atoms with Gasteiger partial charge in [-0.3, -0.25) is 4.79 Å². The van der Waals surface area contributed by atoms with Crippen LogP contribution < -0.4 is 0 Å². The monoisotopic (exact) mass is 360 g/mol. The standard InChI is InChI=1S/C22H20N2O3/c1-27-21(26)22-9-13-8-15(12-6-7-12)19(13)20(25)24(22)11-18-16(10-22)14-4-2-3-5-17(14)23-18/h2-5,9,12,23H,6-8,10-11H2,1H3. The summed E-state index contributed by atoms with van der Waals surface area (Å²) in [6, 6.07) is 8.11. The van der Waals surface area contributed by atoms with E-state index >= 15 is 0 Å². The minimum atomic E-state index is -1.03. The molecule has 1 saturated carbocycles. The van der Waals surface area contributed by atoms with Gasteiger partial charge in [0.05, 0.1) is 13.7 Å². The van der Waals surface area contributed by atoms with Crippen LogP contribution in [0.3, 0.4) is 0 Å². The number of rotatable bonds is 2. The first kappa shape index (κ1) is 15.3. The van der Waals surface area contributed by atoms with Gasteiger partial charge in [0.2, 0.25) is 0 Å². The van der Waals surface area contributed by atoms with Gasteiger partial charge >= 0.3 is 5.97 Å². The Morgan fingerprint density at radius 2 is 2.11 bits per heavy atom. The first-order valence-electron chi connectivity index (χ1n) is 9.56. The molecule has 2 aliphatic carbocycles. The summed E-state index contributed by atoms with van der Waals surface area (Å²) in [4.78, 5) is 31.6. The predicted molar refractivity (Wildman–Crippen MR) is 99.7 cm³/mol. The fourth-order valence-electron chi connectivity index (χ4n) is 5.14. The minimum absolute atomic E-state index is 0.00430. The van der Waals surface area contributed by atoms with E-state index in [9.17, 15) is 9.59 Å². The van der Waals surface area contributed by atoms with Gasteiger partial charge in [0, 0.05) is 28.6 Å². The second kappa shape index (κ2) is 4.91. The predicted octanol–water partition coefficient (Wildman–Crippen LogP) is 3.01. The molecule has 2 aromatic rings. The molecule has 27 heavy (non-hydrogen) atoms. The van der Waals surface area contributed by atoms with Crippen LogP contribution in [0.5, 0.6) is 0 Å². The fraction of sp³-hybridized carbons (Fsp3) is 0.364. The Bertz CT molecular complexity index is 1100. The average Bonchev–Trinajstić information content (AvgIpc) is 3.43. The molecule has 5 heteroatoms. The molecule has 3 heterocycles. The number of fused-ring (bicyclic) bond motifs is 5. The second-order valence-electron chi connectivity index (χ2n) is 8.13. The Balaban J connectivity index is 1.56. The van der Waals surface area contributed by atoms with E-state index in [0.717, 1.165) is 39.7 Å². The van der Waals surface area contributed by atoms with Crippen molar-refractivity contribution in [3.05, 3.63) is 58.3 Å². The Labute approximate surface area is 156 Å². The molecule has 6 rings (SSSR count). The van der Waals surface area contributed by atoms with Crippen molar-refractivity contribution in [1.29, 1.82) is 0 Å². The number of hydrogen-bond acceptors (Lipinski definition) is 3. The highest BCUT2D eigenvalue weighted by Crippen LogP contribution is 2.53. The van der Waals surface area contributed by atoms with Crippen LogP contribution in [0.15, 0.2) is 47.1 Å². The maximum atomic E-state index is 13.4. The quantitative estimate of drug-likeness (QED) is 0.838. The van der Waals surface area contributed by atoms with Crippen molar-refractivity contribution in [3.8, 4) is 0 Å². The van der Waals surface area contributed by atoms with Gasteiger partial charge in [0.25, 0.3) is 5.91 Å². The van der Waals surface area contributed by atoms with Gasteiger partial charge in [0.15, 0.2) is 5.54 Å². The number of ether oxygens (including phenoxy) is 1. The van der Waals surface area contributed by atoms with Crippen molar-refractivity contribution in [3.63, 3.8) is 0 Å². The molecule has 1 fully saturated rings. The number of carbonyl (C=O) groups excluding carboxylic acids is 2. The third-order valence-electron chi connectivity index (χ3n) is 6.65. The number of methoxy groups -OCH3 is 1. The zero-order chi connectivity index (χ0) is 18.3. The normalized spacial score (nSPS) is 26.2. The minimum Gasteiger partial charge on any atom is -0.467 e. The zero-order valence-electron chi connectivity index (χ0n) is 15.2. The molecule has 0 radical (unpaired) electrons. The first-order valence-corrected chi connectivity index (χ1v) is 9.56. The van der Waals surface area contributed by atoms with Crippen LogP contribution >= 0.6 is 0 Å². The fourth-order valence-corrected chi connectivity index (χ4v) is 5.14. The van der Waals surface area contributed by atoms with Gasteiger partial charge < -0.3 is 14.6 Å². The number of H-pyrrole nitrogens is 1. The number of esters is 1. The molecule has 0 bridgehead atoms. The van der Waals surface area contributed by atoms with Crippen molar-refractivity contribution >= 4 is 22.8 Å². The number of aromatic nitrogens is 1. The molecule has 1 N–H and O–H groups in total. The van der Waals surface area contributed by atoms with E-state index < -0.39 is 5.54 Å². The van der Waals surface area contributed by atoms with Crippen molar-refractivity contribution < 1.29 is 14.3 Å². The van der Waals surface area contributed by atoms with Crippen molar-refractivity contribution in [2.45, 2.75) is 37.8 Å². The summed E-state index contributed by atoms with van der Waals surface area (Å²) in [6.07, 6.45) is 5.70. The maximum absolute atomic E-state index is 13.4. The van der Waals surface area contributed by atoms with E-state index in [2.05, 4.69) is 11.1 Å². The number of amides is 1.